The minimum absolute atomic E-state index is 0.00432. The fraction of sp³-hybridized carbons (Fsp3) is 0.600. The molecule has 2 aliphatic rings. The van der Waals surface area contributed by atoms with E-state index in [9.17, 15) is 19.2 Å². The third-order valence-electron chi connectivity index (χ3n) is 6.31. The fourth-order valence-corrected chi connectivity index (χ4v) is 4.51. The number of hydrogen-bond donors (Lipinski definition) is 2. The van der Waals surface area contributed by atoms with E-state index in [0.29, 0.717) is 43.7 Å². The first-order valence-corrected chi connectivity index (χ1v) is 11.8. The Morgan fingerprint density at radius 3 is 2.24 bits per heavy atom. The zero-order chi connectivity index (χ0) is 24.3. The van der Waals surface area contributed by atoms with Gasteiger partial charge < -0.3 is 20.4 Å². The Labute approximate surface area is 196 Å². The van der Waals surface area contributed by atoms with Gasteiger partial charge in [-0.1, -0.05) is 12.1 Å². The van der Waals surface area contributed by atoms with Crippen LogP contribution >= 0.6 is 0 Å². The van der Waals surface area contributed by atoms with Crippen LogP contribution in [0.5, 0.6) is 0 Å². The molecule has 1 aromatic rings. The van der Waals surface area contributed by atoms with Gasteiger partial charge in [0, 0.05) is 43.6 Å². The first kappa shape index (κ1) is 24.7. The molecule has 0 spiro atoms. The second-order valence-electron chi connectivity index (χ2n) is 10.3. The lowest BCUT2D eigenvalue weighted by molar-refractivity contribution is -0.138. The van der Waals surface area contributed by atoms with Gasteiger partial charge in [0.1, 0.15) is 0 Å². The van der Waals surface area contributed by atoms with Crippen molar-refractivity contribution in [3.05, 3.63) is 29.8 Å². The molecule has 1 atom stereocenters. The molecule has 0 bridgehead atoms. The summed E-state index contributed by atoms with van der Waals surface area (Å²) in [4.78, 5) is 54.3. The standard InChI is InChI=1S/C25H36N4O4/c1-16(2)26-23(32)19-8-6-7-9-20(19)27-22(31)17-10-12-28(13-11-17)24(33)18-14-21(30)29(15-18)25(3,4)5/h6-9,16-18H,10-15H2,1-5H3,(H,26,32)(H,27,31). The number of benzene rings is 1. The maximum absolute atomic E-state index is 13.0. The molecule has 0 radical (unpaired) electrons. The van der Waals surface area contributed by atoms with Crippen LogP contribution in [0, 0.1) is 11.8 Å². The summed E-state index contributed by atoms with van der Waals surface area (Å²) in [6.45, 7) is 11.1. The van der Waals surface area contributed by atoms with Crippen molar-refractivity contribution in [2.24, 2.45) is 11.8 Å². The highest BCUT2D eigenvalue weighted by Crippen LogP contribution is 2.29. The Hall–Kier alpha value is -2.90. The largest absolute Gasteiger partial charge is 0.350 e. The van der Waals surface area contributed by atoms with Gasteiger partial charge in [-0.25, -0.2) is 0 Å². The summed E-state index contributed by atoms with van der Waals surface area (Å²) in [7, 11) is 0. The van der Waals surface area contributed by atoms with E-state index in [1.807, 2.05) is 34.6 Å². The second kappa shape index (κ2) is 9.93. The monoisotopic (exact) mass is 456 g/mol. The van der Waals surface area contributed by atoms with Gasteiger partial charge in [0.25, 0.3) is 5.91 Å². The Kier molecular flexibility index (Phi) is 7.44. The van der Waals surface area contributed by atoms with E-state index in [0.717, 1.165) is 0 Å². The molecular weight excluding hydrogens is 420 g/mol. The van der Waals surface area contributed by atoms with E-state index in [2.05, 4.69) is 10.6 Å². The highest BCUT2D eigenvalue weighted by molar-refractivity contribution is 6.04. The third-order valence-corrected chi connectivity index (χ3v) is 6.31. The smallest absolute Gasteiger partial charge is 0.253 e. The molecule has 1 unspecified atom stereocenters. The van der Waals surface area contributed by atoms with Crippen LogP contribution in [-0.2, 0) is 14.4 Å². The molecule has 0 aliphatic carbocycles. The number of para-hydroxylation sites is 1. The summed E-state index contributed by atoms with van der Waals surface area (Å²) in [6.07, 6.45) is 1.37. The van der Waals surface area contributed by atoms with Crippen LogP contribution in [-0.4, -0.2) is 64.6 Å². The lowest BCUT2D eigenvalue weighted by Crippen LogP contribution is -2.46. The number of rotatable bonds is 5. The predicted octanol–water partition coefficient (Wildman–Crippen LogP) is 2.65. The molecule has 1 aromatic carbocycles. The number of carbonyl (C=O) groups is 4. The molecule has 4 amide bonds. The van der Waals surface area contributed by atoms with Gasteiger partial charge in [-0.2, -0.15) is 0 Å². The number of anilines is 1. The fourth-order valence-electron chi connectivity index (χ4n) is 4.51. The number of hydrogen-bond acceptors (Lipinski definition) is 4. The van der Waals surface area contributed by atoms with E-state index in [1.54, 1.807) is 34.1 Å². The van der Waals surface area contributed by atoms with Crippen LogP contribution in [0.1, 0.15) is 64.2 Å². The number of piperidine rings is 1. The average molecular weight is 457 g/mol. The first-order chi connectivity index (χ1) is 15.5. The van der Waals surface area contributed by atoms with Gasteiger partial charge in [-0.3, -0.25) is 19.2 Å². The molecule has 8 nitrogen and oxygen atoms in total. The average Bonchev–Trinajstić information content (AvgIpc) is 3.15. The molecule has 2 N–H and O–H groups in total. The highest BCUT2D eigenvalue weighted by Gasteiger charge is 2.41. The highest BCUT2D eigenvalue weighted by atomic mass is 16.2. The van der Waals surface area contributed by atoms with E-state index >= 15 is 0 Å². The number of likely N-dealkylation sites (tertiary alicyclic amines) is 2. The summed E-state index contributed by atoms with van der Waals surface area (Å²) in [5.41, 5.74) is 0.631. The topological polar surface area (TPSA) is 98.8 Å². The summed E-state index contributed by atoms with van der Waals surface area (Å²) in [5.74, 6) is -0.876. The number of nitrogens with one attached hydrogen (secondary N) is 2. The van der Waals surface area contributed by atoms with Crippen molar-refractivity contribution in [2.45, 2.75) is 65.5 Å². The van der Waals surface area contributed by atoms with Gasteiger partial charge >= 0.3 is 0 Å². The van der Waals surface area contributed by atoms with Crippen molar-refractivity contribution in [3.8, 4) is 0 Å². The molecule has 2 heterocycles. The maximum Gasteiger partial charge on any atom is 0.253 e. The van der Waals surface area contributed by atoms with Crippen molar-refractivity contribution < 1.29 is 19.2 Å². The van der Waals surface area contributed by atoms with E-state index in [-0.39, 0.29) is 53.5 Å². The van der Waals surface area contributed by atoms with Crippen molar-refractivity contribution in [1.29, 1.82) is 0 Å². The van der Waals surface area contributed by atoms with E-state index < -0.39 is 0 Å². The number of amides is 4. The molecule has 2 saturated heterocycles. The third kappa shape index (κ3) is 5.92. The summed E-state index contributed by atoms with van der Waals surface area (Å²) in [6, 6.07) is 6.97. The lowest BCUT2D eigenvalue weighted by Gasteiger charge is -2.34. The van der Waals surface area contributed by atoms with Gasteiger partial charge in [-0.05, 0) is 59.6 Å². The van der Waals surface area contributed by atoms with Gasteiger partial charge in [0.2, 0.25) is 17.7 Å². The summed E-state index contributed by atoms with van der Waals surface area (Å²) in [5, 5.41) is 5.76. The van der Waals surface area contributed by atoms with Crippen molar-refractivity contribution >= 4 is 29.3 Å². The Balaban J connectivity index is 1.56. The molecule has 33 heavy (non-hydrogen) atoms. The lowest BCUT2D eigenvalue weighted by atomic mass is 9.94. The maximum atomic E-state index is 13.0. The second-order valence-corrected chi connectivity index (χ2v) is 10.3. The SMILES string of the molecule is CC(C)NC(=O)c1ccccc1NC(=O)C1CCN(C(=O)C2CC(=O)N(C(C)(C)C)C2)CC1. The normalized spacial score (nSPS) is 19.7. The Morgan fingerprint density at radius 1 is 1.03 bits per heavy atom. The van der Waals surface area contributed by atoms with Crippen LogP contribution in [0.15, 0.2) is 24.3 Å². The van der Waals surface area contributed by atoms with Crippen LogP contribution in [0.3, 0.4) is 0 Å². The molecule has 0 aromatic heterocycles. The Morgan fingerprint density at radius 2 is 1.67 bits per heavy atom. The number of nitrogens with zero attached hydrogens (tertiary/aromatic N) is 2. The van der Waals surface area contributed by atoms with Gasteiger partial charge in [0.15, 0.2) is 0 Å². The molecule has 8 heteroatoms. The van der Waals surface area contributed by atoms with Crippen LogP contribution in [0.2, 0.25) is 0 Å². The summed E-state index contributed by atoms with van der Waals surface area (Å²) >= 11 is 0. The molecule has 0 saturated carbocycles. The number of carbonyl (C=O) groups excluding carboxylic acids is 4. The minimum Gasteiger partial charge on any atom is -0.350 e. The minimum atomic E-state index is -0.312. The van der Waals surface area contributed by atoms with Crippen LogP contribution in [0.4, 0.5) is 5.69 Å². The Bertz CT molecular complexity index is 913. The quantitative estimate of drug-likeness (QED) is 0.712. The van der Waals surface area contributed by atoms with E-state index in [4.69, 9.17) is 0 Å². The van der Waals surface area contributed by atoms with Gasteiger partial charge in [-0.15, -0.1) is 0 Å². The summed E-state index contributed by atoms with van der Waals surface area (Å²) < 4.78 is 0. The predicted molar refractivity (Wildman–Crippen MR) is 127 cm³/mol. The molecule has 3 rings (SSSR count). The zero-order valence-corrected chi connectivity index (χ0v) is 20.3. The van der Waals surface area contributed by atoms with Crippen molar-refractivity contribution in [1.82, 2.24) is 15.1 Å². The van der Waals surface area contributed by atoms with Gasteiger partial charge in [0.05, 0.1) is 17.2 Å². The molecular formula is C25H36N4O4. The van der Waals surface area contributed by atoms with Crippen molar-refractivity contribution in [2.75, 3.05) is 25.0 Å². The molecule has 2 aliphatic heterocycles. The van der Waals surface area contributed by atoms with E-state index in [1.165, 1.54) is 0 Å². The van der Waals surface area contributed by atoms with Crippen LogP contribution in [0.25, 0.3) is 0 Å². The zero-order valence-electron chi connectivity index (χ0n) is 20.3. The first-order valence-electron chi connectivity index (χ1n) is 11.8. The molecule has 180 valence electrons. The molecule has 2 fully saturated rings. The van der Waals surface area contributed by atoms with Crippen molar-refractivity contribution in [3.63, 3.8) is 0 Å². The van der Waals surface area contributed by atoms with Crippen LogP contribution < -0.4 is 10.6 Å².